The topological polar surface area (TPSA) is 25.2 Å². The summed E-state index contributed by atoms with van der Waals surface area (Å²) in [5.41, 5.74) is 3.74. The Bertz CT molecular complexity index is 586. The lowest BCUT2D eigenvalue weighted by atomic mass is 10.1. The van der Waals surface area contributed by atoms with Gasteiger partial charge >= 0.3 is 0 Å². The average molecular weight is 254 g/mol. The van der Waals surface area contributed by atoms with Crippen molar-refractivity contribution in [1.29, 1.82) is 0 Å². The van der Waals surface area contributed by atoms with Gasteiger partial charge in [0.2, 0.25) is 5.91 Å². The third-order valence-electron chi connectivity index (χ3n) is 3.83. The molecule has 0 N–H and O–H groups in total. The molecule has 0 bridgehead atoms. The minimum absolute atomic E-state index is 0.223. The van der Waals surface area contributed by atoms with Crippen LogP contribution in [0, 0.1) is 0 Å². The average Bonchev–Trinajstić information content (AvgIpc) is 2.81. The number of benzene rings is 1. The zero-order valence-electron chi connectivity index (χ0n) is 11.2. The third kappa shape index (κ3) is 2.41. The summed E-state index contributed by atoms with van der Waals surface area (Å²) in [4.78, 5) is 14.3. The Morgan fingerprint density at radius 2 is 2.00 bits per heavy atom. The van der Waals surface area contributed by atoms with Gasteiger partial charge in [-0.25, -0.2) is 0 Å². The molecule has 3 heteroatoms. The molecular formula is C16H18N2O. The number of hydrogen-bond donors (Lipinski definition) is 0. The van der Waals surface area contributed by atoms with E-state index in [1.165, 1.54) is 11.3 Å². The largest absolute Gasteiger partial charge is 0.354 e. The SMILES string of the molecule is Cn1ccc2c1CCN(C(=O)Cc1ccccc1)C2. The molecule has 1 aromatic carbocycles. The summed E-state index contributed by atoms with van der Waals surface area (Å²) in [6.45, 7) is 1.58. The predicted molar refractivity (Wildman–Crippen MR) is 74.7 cm³/mol. The molecule has 0 spiro atoms. The van der Waals surface area contributed by atoms with Gasteiger partial charge in [-0.05, 0) is 17.2 Å². The van der Waals surface area contributed by atoms with Crippen LogP contribution in [0.1, 0.15) is 16.8 Å². The van der Waals surface area contributed by atoms with E-state index in [0.29, 0.717) is 6.42 Å². The molecule has 0 atom stereocenters. The molecule has 19 heavy (non-hydrogen) atoms. The van der Waals surface area contributed by atoms with Gasteiger partial charge < -0.3 is 9.47 Å². The summed E-state index contributed by atoms with van der Waals surface area (Å²) in [7, 11) is 2.07. The van der Waals surface area contributed by atoms with E-state index < -0.39 is 0 Å². The van der Waals surface area contributed by atoms with E-state index in [-0.39, 0.29) is 5.91 Å². The number of aryl methyl sites for hydroxylation is 1. The highest BCUT2D eigenvalue weighted by molar-refractivity contribution is 5.79. The summed E-state index contributed by atoms with van der Waals surface area (Å²) < 4.78 is 2.16. The van der Waals surface area contributed by atoms with Crippen molar-refractivity contribution in [2.24, 2.45) is 7.05 Å². The van der Waals surface area contributed by atoms with Crippen molar-refractivity contribution < 1.29 is 4.79 Å². The second-order valence-corrected chi connectivity index (χ2v) is 5.13. The first-order chi connectivity index (χ1) is 9.24. The molecule has 0 unspecified atom stereocenters. The monoisotopic (exact) mass is 254 g/mol. The highest BCUT2D eigenvalue weighted by atomic mass is 16.2. The van der Waals surface area contributed by atoms with Gasteiger partial charge in [-0.2, -0.15) is 0 Å². The predicted octanol–water partition coefficient (Wildman–Crippen LogP) is 2.15. The second kappa shape index (κ2) is 4.92. The number of hydrogen-bond acceptors (Lipinski definition) is 1. The van der Waals surface area contributed by atoms with Crippen LogP contribution in [0.3, 0.4) is 0 Å². The first-order valence-electron chi connectivity index (χ1n) is 6.69. The van der Waals surface area contributed by atoms with E-state index >= 15 is 0 Å². The van der Waals surface area contributed by atoms with Crippen LogP contribution in [0.5, 0.6) is 0 Å². The lowest BCUT2D eigenvalue weighted by Gasteiger charge is -2.28. The Kier molecular flexibility index (Phi) is 3.11. The number of aromatic nitrogens is 1. The smallest absolute Gasteiger partial charge is 0.227 e. The molecule has 3 rings (SSSR count). The van der Waals surface area contributed by atoms with Crippen molar-refractivity contribution in [1.82, 2.24) is 9.47 Å². The maximum absolute atomic E-state index is 12.3. The number of fused-ring (bicyclic) bond motifs is 1. The summed E-state index contributed by atoms with van der Waals surface area (Å²) in [6, 6.07) is 12.1. The minimum Gasteiger partial charge on any atom is -0.354 e. The van der Waals surface area contributed by atoms with Crippen molar-refractivity contribution in [2.45, 2.75) is 19.4 Å². The van der Waals surface area contributed by atoms with Gasteiger partial charge in [-0.15, -0.1) is 0 Å². The zero-order chi connectivity index (χ0) is 13.2. The van der Waals surface area contributed by atoms with Gasteiger partial charge in [0.25, 0.3) is 0 Å². The summed E-state index contributed by atoms with van der Waals surface area (Å²) in [6.07, 6.45) is 3.54. The molecular weight excluding hydrogens is 236 g/mol. The summed E-state index contributed by atoms with van der Waals surface area (Å²) in [5.74, 6) is 0.223. The number of amides is 1. The van der Waals surface area contributed by atoms with Gasteiger partial charge in [-0.1, -0.05) is 30.3 Å². The first kappa shape index (κ1) is 12.0. The Labute approximate surface area is 113 Å². The molecule has 1 aliphatic heterocycles. The number of nitrogens with zero attached hydrogens (tertiary/aromatic N) is 2. The van der Waals surface area contributed by atoms with Crippen LogP contribution in [0.15, 0.2) is 42.6 Å². The fourth-order valence-electron chi connectivity index (χ4n) is 2.72. The third-order valence-corrected chi connectivity index (χ3v) is 3.83. The number of carbonyl (C=O) groups is 1. The van der Waals surface area contributed by atoms with Crippen molar-refractivity contribution in [2.75, 3.05) is 6.54 Å². The second-order valence-electron chi connectivity index (χ2n) is 5.13. The van der Waals surface area contributed by atoms with Crippen LogP contribution in [0.4, 0.5) is 0 Å². The van der Waals surface area contributed by atoms with Crippen molar-refractivity contribution in [3.05, 3.63) is 59.4 Å². The number of carbonyl (C=O) groups excluding carboxylic acids is 1. The van der Waals surface area contributed by atoms with Crippen molar-refractivity contribution in [3.8, 4) is 0 Å². The van der Waals surface area contributed by atoms with Crippen molar-refractivity contribution in [3.63, 3.8) is 0 Å². The summed E-state index contributed by atoms with van der Waals surface area (Å²) >= 11 is 0. The molecule has 3 nitrogen and oxygen atoms in total. The van der Waals surface area contributed by atoms with Gasteiger partial charge in [0.15, 0.2) is 0 Å². The van der Waals surface area contributed by atoms with Crippen LogP contribution < -0.4 is 0 Å². The van der Waals surface area contributed by atoms with Crippen LogP contribution in [0.25, 0.3) is 0 Å². The molecule has 0 saturated carbocycles. The van der Waals surface area contributed by atoms with Gasteiger partial charge in [-0.3, -0.25) is 4.79 Å². The number of rotatable bonds is 2. The van der Waals surface area contributed by atoms with E-state index in [0.717, 1.165) is 25.1 Å². The molecule has 0 saturated heterocycles. The molecule has 98 valence electrons. The highest BCUT2D eigenvalue weighted by Crippen LogP contribution is 2.20. The molecule has 1 aromatic heterocycles. The van der Waals surface area contributed by atoms with Crippen LogP contribution in [-0.4, -0.2) is 21.9 Å². The molecule has 2 aromatic rings. The Balaban J connectivity index is 1.69. The normalized spacial score (nSPS) is 14.3. The first-order valence-corrected chi connectivity index (χ1v) is 6.69. The molecule has 0 fully saturated rings. The van der Waals surface area contributed by atoms with E-state index in [9.17, 15) is 4.79 Å². The Hall–Kier alpha value is -2.03. The molecule has 0 radical (unpaired) electrons. The lowest BCUT2D eigenvalue weighted by Crippen LogP contribution is -2.37. The van der Waals surface area contributed by atoms with E-state index in [4.69, 9.17) is 0 Å². The lowest BCUT2D eigenvalue weighted by molar-refractivity contribution is -0.131. The fraction of sp³-hybridized carbons (Fsp3) is 0.312. The van der Waals surface area contributed by atoms with E-state index in [1.807, 2.05) is 35.2 Å². The Morgan fingerprint density at radius 3 is 2.79 bits per heavy atom. The molecule has 1 amide bonds. The maximum Gasteiger partial charge on any atom is 0.227 e. The quantitative estimate of drug-likeness (QED) is 0.806. The fourth-order valence-corrected chi connectivity index (χ4v) is 2.72. The molecule has 1 aliphatic rings. The molecule has 0 aliphatic carbocycles. The highest BCUT2D eigenvalue weighted by Gasteiger charge is 2.22. The minimum atomic E-state index is 0.223. The van der Waals surface area contributed by atoms with Crippen LogP contribution >= 0.6 is 0 Å². The molecule has 2 heterocycles. The van der Waals surface area contributed by atoms with Gasteiger partial charge in [0, 0.05) is 38.4 Å². The van der Waals surface area contributed by atoms with E-state index in [1.54, 1.807) is 0 Å². The standard InChI is InChI=1S/C16H18N2O/c1-17-9-7-14-12-18(10-8-15(14)17)16(19)11-13-5-3-2-4-6-13/h2-7,9H,8,10-12H2,1H3. The van der Waals surface area contributed by atoms with Crippen molar-refractivity contribution >= 4 is 5.91 Å². The van der Waals surface area contributed by atoms with E-state index in [2.05, 4.69) is 23.9 Å². The maximum atomic E-state index is 12.3. The Morgan fingerprint density at radius 1 is 1.21 bits per heavy atom. The van der Waals surface area contributed by atoms with Gasteiger partial charge in [0.1, 0.15) is 0 Å². The summed E-state index contributed by atoms with van der Waals surface area (Å²) in [5, 5.41) is 0. The zero-order valence-corrected chi connectivity index (χ0v) is 11.2. The van der Waals surface area contributed by atoms with Crippen LogP contribution in [0.2, 0.25) is 0 Å². The van der Waals surface area contributed by atoms with Gasteiger partial charge in [0.05, 0.1) is 6.42 Å². The van der Waals surface area contributed by atoms with Crippen LogP contribution in [-0.2, 0) is 31.2 Å².